The summed E-state index contributed by atoms with van der Waals surface area (Å²) in [6.07, 6.45) is 1.66. The fourth-order valence-electron chi connectivity index (χ4n) is 3.24. The fourth-order valence-corrected chi connectivity index (χ4v) is 3.24. The first-order valence-electron chi connectivity index (χ1n) is 9.32. The molecule has 0 saturated carbocycles. The number of rotatable bonds is 5. The molecule has 0 radical (unpaired) electrons. The number of aromatic amines is 1. The van der Waals surface area contributed by atoms with Crippen LogP contribution in [0.4, 0.5) is 0 Å². The molecule has 5 heteroatoms. The Labute approximate surface area is 163 Å². The molecule has 5 nitrogen and oxygen atoms in total. The van der Waals surface area contributed by atoms with Crippen molar-refractivity contribution in [1.82, 2.24) is 9.97 Å². The van der Waals surface area contributed by atoms with E-state index in [0.29, 0.717) is 18.9 Å². The quantitative estimate of drug-likeness (QED) is 0.494. The number of esters is 1. The predicted molar refractivity (Wildman–Crippen MR) is 110 cm³/mol. The van der Waals surface area contributed by atoms with E-state index in [4.69, 9.17) is 9.47 Å². The third-order valence-corrected chi connectivity index (χ3v) is 4.92. The number of fused-ring (bicyclic) bond motifs is 3. The number of carbonyl (C=O) groups excluding carboxylic acids is 1. The number of aromatic nitrogens is 2. The summed E-state index contributed by atoms with van der Waals surface area (Å²) >= 11 is 0. The molecule has 0 spiro atoms. The maximum absolute atomic E-state index is 12.0. The Morgan fingerprint density at radius 3 is 2.61 bits per heavy atom. The van der Waals surface area contributed by atoms with Crippen molar-refractivity contribution in [2.75, 3.05) is 6.61 Å². The molecular formula is C23H22N2O3. The first kappa shape index (κ1) is 18.0. The Hall–Kier alpha value is -3.34. The van der Waals surface area contributed by atoms with E-state index in [2.05, 4.69) is 42.0 Å². The lowest BCUT2D eigenvalue weighted by Crippen LogP contribution is -2.06. The van der Waals surface area contributed by atoms with Crippen molar-refractivity contribution in [3.8, 4) is 5.75 Å². The number of nitrogens with zero attached hydrogens (tertiary/aromatic N) is 1. The Bertz CT molecular complexity index is 1180. The molecule has 2 aromatic carbocycles. The molecule has 2 aromatic heterocycles. The molecule has 0 aliphatic heterocycles. The first-order chi connectivity index (χ1) is 13.5. The predicted octanol–water partition coefficient (Wildman–Crippen LogP) is 5.09. The summed E-state index contributed by atoms with van der Waals surface area (Å²) in [5.41, 5.74) is 5.81. The minimum absolute atomic E-state index is 0.303. The van der Waals surface area contributed by atoms with Gasteiger partial charge in [0.15, 0.2) is 0 Å². The van der Waals surface area contributed by atoms with Crippen molar-refractivity contribution in [3.05, 3.63) is 71.0 Å². The van der Waals surface area contributed by atoms with Crippen LogP contribution in [-0.4, -0.2) is 22.5 Å². The van der Waals surface area contributed by atoms with E-state index in [1.807, 2.05) is 18.2 Å². The average Bonchev–Trinajstić information content (AvgIpc) is 3.06. The van der Waals surface area contributed by atoms with Crippen LogP contribution >= 0.6 is 0 Å². The molecule has 0 atom stereocenters. The number of pyridine rings is 1. The van der Waals surface area contributed by atoms with Crippen LogP contribution in [0.3, 0.4) is 0 Å². The highest BCUT2D eigenvalue weighted by Gasteiger charge is 2.12. The molecule has 142 valence electrons. The van der Waals surface area contributed by atoms with Crippen LogP contribution in [0.2, 0.25) is 0 Å². The van der Waals surface area contributed by atoms with E-state index in [9.17, 15) is 4.79 Å². The molecule has 4 rings (SSSR count). The van der Waals surface area contributed by atoms with E-state index in [1.165, 1.54) is 11.1 Å². The smallest absolute Gasteiger partial charge is 0.356 e. The molecular weight excluding hydrogens is 352 g/mol. The maximum Gasteiger partial charge on any atom is 0.356 e. The molecule has 0 saturated heterocycles. The molecule has 0 bridgehead atoms. The van der Waals surface area contributed by atoms with Gasteiger partial charge in [0.05, 0.1) is 18.3 Å². The van der Waals surface area contributed by atoms with Crippen LogP contribution in [0.15, 0.2) is 48.7 Å². The number of aryl methyl sites for hydroxylation is 2. The Kier molecular flexibility index (Phi) is 4.74. The SMILES string of the molecule is CCOC(=O)c1cc2c(cn1)[nH]c1ccc(OCc3ccc(C)c(C)c3)cc12. The van der Waals surface area contributed by atoms with Crippen molar-refractivity contribution in [3.63, 3.8) is 0 Å². The lowest BCUT2D eigenvalue weighted by Gasteiger charge is -2.08. The summed E-state index contributed by atoms with van der Waals surface area (Å²) in [7, 11) is 0. The van der Waals surface area contributed by atoms with Gasteiger partial charge in [-0.05, 0) is 61.7 Å². The van der Waals surface area contributed by atoms with Gasteiger partial charge < -0.3 is 14.5 Å². The van der Waals surface area contributed by atoms with Gasteiger partial charge in [-0.25, -0.2) is 9.78 Å². The highest BCUT2D eigenvalue weighted by Crippen LogP contribution is 2.29. The van der Waals surface area contributed by atoms with Crippen LogP contribution in [0.1, 0.15) is 34.1 Å². The largest absolute Gasteiger partial charge is 0.489 e. The highest BCUT2D eigenvalue weighted by molar-refractivity contribution is 6.09. The second kappa shape index (κ2) is 7.35. The maximum atomic E-state index is 12.0. The van der Waals surface area contributed by atoms with E-state index in [1.54, 1.807) is 19.2 Å². The van der Waals surface area contributed by atoms with Crippen molar-refractivity contribution in [2.45, 2.75) is 27.4 Å². The Balaban J connectivity index is 1.64. The van der Waals surface area contributed by atoms with Crippen LogP contribution in [0, 0.1) is 13.8 Å². The third kappa shape index (κ3) is 3.43. The van der Waals surface area contributed by atoms with Gasteiger partial charge in [-0.15, -0.1) is 0 Å². The average molecular weight is 374 g/mol. The number of carbonyl (C=O) groups is 1. The lowest BCUT2D eigenvalue weighted by molar-refractivity contribution is 0.0520. The Morgan fingerprint density at radius 1 is 1.00 bits per heavy atom. The molecule has 2 heterocycles. The molecule has 0 aliphatic rings. The molecule has 0 aliphatic carbocycles. The topological polar surface area (TPSA) is 64.2 Å². The second-order valence-electron chi connectivity index (χ2n) is 6.88. The molecule has 0 fully saturated rings. The minimum atomic E-state index is -0.416. The van der Waals surface area contributed by atoms with Crippen molar-refractivity contribution in [1.29, 1.82) is 0 Å². The number of nitrogens with one attached hydrogen (secondary N) is 1. The zero-order chi connectivity index (χ0) is 19.7. The fraction of sp³-hybridized carbons (Fsp3) is 0.217. The zero-order valence-electron chi connectivity index (χ0n) is 16.2. The Morgan fingerprint density at radius 2 is 1.82 bits per heavy atom. The standard InChI is InChI=1S/C23H22N2O3/c1-4-27-23(26)21-11-19-18-10-17(7-8-20(18)25-22(19)12-24-21)28-13-16-6-5-14(2)15(3)9-16/h5-12,25H,4,13H2,1-3H3. The molecule has 0 unspecified atom stereocenters. The van der Waals surface area contributed by atoms with E-state index in [-0.39, 0.29) is 0 Å². The van der Waals surface area contributed by atoms with Crippen LogP contribution in [0.5, 0.6) is 5.75 Å². The van der Waals surface area contributed by atoms with Crippen LogP contribution in [0.25, 0.3) is 21.8 Å². The number of hydrogen-bond donors (Lipinski definition) is 1. The highest BCUT2D eigenvalue weighted by atomic mass is 16.5. The number of hydrogen-bond acceptors (Lipinski definition) is 4. The molecule has 4 aromatic rings. The van der Waals surface area contributed by atoms with Crippen LogP contribution < -0.4 is 4.74 Å². The zero-order valence-corrected chi connectivity index (χ0v) is 16.2. The van der Waals surface area contributed by atoms with Gasteiger partial charge in [0, 0.05) is 16.3 Å². The molecule has 0 amide bonds. The minimum Gasteiger partial charge on any atom is -0.489 e. The van der Waals surface area contributed by atoms with Gasteiger partial charge in [-0.3, -0.25) is 0 Å². The van der Waals surface area contributed by atoms with Crippen molar-refractivity contribution < 1.29 is 14.3 Å². The summed E-state index contributed by atoms with van der Waals surface area (Å²) in [4.78, 5) is 19.5. The van der Waals surface area contributed by atoms with Gasteiger partial charge in [-0.1, -0.05) is 18.2 Å². The van der Waals surface area contributed by atoms with Crippen molar-refractivity contribution >= 4 is 27.8 Å². The lowest BCUT2D eigenvalue weighted by atomic mass is 10.1. The summed E-state index contributed by atoms with van der Waals surface area (Å²) < 4.78 is 11.1. The summed E-state index contributed by atoms with van der Waals surface area (Å²) in [5.74, 6) is 0.363. The monoisotopic (exact) mass is 374 g/mol. The number of benzene rings is 2. The normalized spacial score (nSPS) is 11.1. The summed E-state index contributed by atoms with van der Waals surface area (Å²) in [5, 5.41) is 1.91. The van der Waals surface area contributed by atoms with E-state index < -0.39 is 5.97 Å². The first-order valence-corrected chi connectivity index (χ1v) is 9.32. The van der Waals surface area contributed by atoms with Gasteiger partial charge >= 0.3 is 5.97 Å². The van der Waals surface area contributed by atoms with Crippen LogP contribution in [-0.2, 0) is 11.3 Å². The van der Waals surface area contributed by atoms with Gasteiger partial charge in [0.25, 0.3) is 0 Å². The second-order valence-corrected chi connectivity index (χ2v) is 6.88. The summed E-state index contributed by atoms with van der Waals surface area (Å²) in [6.45, 7) is 6.81. The number of H-pyrrole nitrogens is 1. The van der Waals surface area contributed by atoms with Gasteiger partial charge in [0.2, 0.25) is 0 Å². The van der Waals surface area contributed by atoms with Gasteiger partial charge in [0.1, 0.15) is 18.1 Å². The summed E-state index contributed by atoms with van der Waals surface area (Å²) in [6, 6.07) is 14.0. The van der Waals surface area contributed by atoms with Gasteiger partial charge in [-0.2, -0.15) is 0 Å². The number of ether oxygens (including phenoxy) is 2. The van der Waals surface area contributed by atoms with E-state index in [0.717, 1.165) is 33.1 Å². The third-order valence-electron chi connectivity index (χ3n) is 4.92. The molecule has 1 N–H and O–H groups in total. The van der Waals surface area contributed by atoms with Crippen molar-refractivity contribution in [2.24, 2.45) is 0 Å². The molecule has 28 heavy (non-hydrogen) atoms. The van der Waals surface area contributed by atoms with E-state index >= 15 is 0 Å².